The second-order valence-corrected chi connectivity index (χ2v) is 5.71. The van der Waals surface area contributed by atoms with E-state index in [4.69, 9.17) is 16.9 Å². The maximum atomic E-state index is 12.3. The molecule has 1 aliphatic heterocycles. The van der Waals surface area contributed by atoms with Crippen LogP contribution in [0.4, 0.5) is 10.7 Å². The first-order valence-corrected chi connectivity index (χ1v) is 7.34. The average Bonchev–Trinajstić information content (AvgIpc) is 3.04. The number of halogens is 1. The summed E-state index contributed by atoms with van der Waals surface area (Å²) >= 11 is 7.02. The van der Waals surface area contributed by atoms with Crippen molar-refractivity contribution in [2.45, 2.75) is 0 Å². The van der Waals surface area contributed by atoms with E-state index in [2.05, 4.69) is 9.47 Å². The monoisotopic (exact) mass is 322 g/mol. The van der Waals surface area contributed by atoms with E-state index in [1.165, 1.54) is 0 Å². The summed E-state index contributed by atoms with van der Waals surface area (Å²) < 4.78 is 5.63. The molecule has 0 aromatic carbocycles. The Kier molecular flexibility index (Phi) is 3.53. The Labute approximate surface area is 130 Å². The van der Waals surface area contributed by atoms with E-state index < -0.39 is 0 Å². The molecule has 3 rings (SSSR count). The molecule has 2 aromatic rings. The Morgan fingerprint density at radius 2 is 2.29 bits per heavy atom. The third-order valence-electron chi connectivity index (χ3n) is 3.26. The summed E-state index contributed by atoms with van der Waals surface area (Å²) in [7, 11) is 1.81. The van der Waals surface area contributed by atoms with Crippen LogP contribution in [0.3, 0.4) is 0 Å². The molecular formula is C12H11ClN6OS. The van der Waals surface area contributed by atoms with Gasteiger partial charge in [0.2, 0.25) is 5.91 Å². The molecule has 0 unspecified atom stereocenters. The summed E-state index contributed by atoms with van der Waals surface area (Å²) in [6.07, 6.45) is 3.47. The normalized spacial score (nSPS) is 15.4. The van der Waals surface area contributed by atoms with Gasteiger partial charge in [0, 0.05) is 26.3 Å². The number of hydrogen-bond donors (Lipinski definition) is 0. The van der Waals surface area contributed by atoms with E-state index in [-0.39, 0.29) is 17.6 Å². The predicted molar refractivity (Wildman–Crippen MR) is 79.6 cm³/mol. The standard InChI is InChI=1S/C12H11ClN6OS/c1-17-6-8(5-15-17)19-3-2-18(7-10(19)20)12-9(4-14)11(13)16-21-12/h5-6H,2-3,7H2,1H3. The van der Waals surface area contributed by atoms with Gasteiger partial charge in [0.1, 0.15) is 16.6 Å². The summed E-state index contributed by atoms with van der Waals surface area (Å²) in [6.45, 7) is 1.35. The quantitative estimate of drug-likeness (QED) is 0.831. The first-order valence-electron chi connectivity index (χ1n) is 6.19. The molecule has 108 valence electrons. The number of aryl methyl sites for hydroxylation is 1. The van der Waals surface area contributed by atoms with Crippen molar-refractivity contribution >= 4 is 39.7 Å². The first kappa shape index (κ1) is 13.9. The van der Waals surface area contributed by atoms with E-state index in [9.17, 15) is 4.79 Å². The third kappa shape index (κ3) is 2.46. The van der Waals surface area contributed by atoms with Crippen molar-refractivity contribution in [3.8, 4) is 6.07 Å². The lowest BCUT2D eigenvalue weighted by Crippen LogP contribution is -2.50. The number of carbonyl (C=O) groups is 1. The second-order valence-electron chi connectivity index (χ2n) is 4.60. The molecule has 1 fully saturated rings. The van der Waals surface area contributed by atoms with Crippen LogP contribution < -0.4 is 9.80 Å². The molecule has 0 bridgehead atoms. The number of nitriles is 1. The zero-order chi connectivity index (χ0) is 15.0. The molecule has 0 aliphatic carbocycles. The molecule has 1 saturated heterocycles. The molecule has 2 aromatic heterocycles. The topological polar surface area (TPSA) is 78.0 Å². The highest BCUT2D eigenvalue weighted by Crippen LogP contribution is 2.32. The summed E-state index contributed by atoms with van der Waals surface area (Å²) in [5.74, 6) is -0.0392. The number of piperazine rings is 1. The van der Waals surface area contributed by atoms with Gasteiger partial charge in [-0.25, -0.2) is 0 Å². The minimum absolute atomic E-state index is 0.0392. The molecule has 1 aliphatic rings. The maximum absolute atomic E-state index is 12.3. The number of anilines is 2. The van der Waals surface area contributed by atoms with Gasteiger partial charge in [0.25, 0.3) is 0 Å². The van der Waals surface area contributed by atoms with Crippen LogP contribution in [0, 0.1) is 11.3 Å². The third-order valence-corrected chi connectivity index (χ3v) is 4.54. The fourth-order valence-corrected chi connectivity index (χ4v) is 3.29. The van der Waals surface area contributed by atoms with Crippen LogP contribution in [0.25, 0.3) is 0 Å². The van der Waals surface area contributed by atoms with Crippen LogP contribution in [0.15, 0.2) is 12.4 Å². The van der Waals surface area contributed by atoms with Crippen molar-refractivity contribution in [3.05, 3.63) is 23.1 Å². The summed E-state index contributed by atoms with van der Waals surface area (Å²) in [4.78, 5) is 15.8. The summed E-state index contributed by atoms with van der Waals surface area (Å²) in [6, 6.07) is 2.04. The number of rotatable bonds is 2. The molecule has 21 heavy (non-hydrogen) atoms. The van der Waals surface area contributed by atoms with Gasteiger partial charge in [-0.05, 0) is 11.5 Å². The largest absolute Gasteiger partial charge is 0.350 e. The molecule has 7 nitrogen and oxygen atoms in total. The first-order chi connectivity index (χ1) is 10.1. The number of aromatic nitrogens is 3. The molecule has 9 heteroatoms. The highest BCUT2D eigenvalue weighted by molar-refractivity contribution is 7.10. The van der Waals surface area contributed by atoms with Crippen molar-refractivity contribution in [1.29, 1.82) is 5.26 Å². The Morgan fingerprint density at radius 1 is 1.48 bits per heavy atom. The number of hydrogen-bond acceptors (Lipinski definition) is 6. The van der Waals surface area contributed by atoms with E-state index in [0.29, 0.717) is 23.7 Å². The second kappa shape index (κ2) is 5.35. The lowest BCUT2D eigenvalue weighted by Gasteiger charge is -2.33. The highest BCUT2D eigenvalue weighted by atomic mass is 35.5. The maximum Gasteiger partial charge on any atom is 0.246 e. The zero-order valence-corrected chi connectivity index (χ0v) is 12.7. The van der Waals surface area contributed by atoms with E-state index in [1.54, 1.807) is 22.0 Å². The molecule has 0 spiro atoms. The molecule has 0 atom stereocenters. The summed E-state index contributed by atoms with van der Waals surface area (Å²) in [5, 5.41) is 14.0. The van der Waals surface area contributed by atoms with Crippen molar-refractivity contribution in [3.63, 3.8) is 0 Å². The van der Waals surface area contributed by atoms with E-state index in [0.717, 1.165) is 17.2 Å². The SMILES string of the molecule is Cn1cc(N2CCN(c3snc(Cl)c3C#N)CC2=O)cn1. The Morgan fingerprint density at radius 3 is 2.90 bits per heavy atom. The Bertz CT molecular complexity index is 732. The number of carbonyl (C=O) groups excluding carboxylic acids is 1. The van der Waals surface area contributed by atoms with Gasteiger partial charge >= 0.3 is 0 Å². The predicted octanol–water partition coefficient (Wildman–Crippen LogP) is 1.25. The molecule has 0 saturated carbocycles. The zero-order valence-electron chi connectivity index (χ0n) is 11.2. The number of nitrogens with zero attached hydrogens (tertiary/aromatic N) is 6. The number of amides is 1. The molecular weight excluding hydrogens is 312 g/mol. The molecule has 0 N–H and O–H groups in total. The van der Waals surface area contributed by atoms with Crippen LogP contribution in [-0.4, -0.2) is 39.7 Å². The van der Waals surface area contributed by atoms with Crippen molar-refractivity contribution in [2.24, 2.45) is 7.05 Å². The van der Waals surface area contributed by atoms with E-state index in [1.807, 2.05) is 18.0 Å². The van der Waals surface area contributed by atoms with Crippen LogP contribution in [0.5, 0.6) is 0 Å². The van der Waals surface area contributed by atoms with Gasteiger partial charge in [0.05, 0.1) is 18.4 Å². The Balaban J connectivity index is 1.80. The van der Waals surface area contributed by atoms with Gasteiger partial charge in [-0.3, -0.25) is 9.48 Å². The Hall–Kier alpha value is -2.11. The fourth-order valence-electron chi connectivity index (χ4n) is 2.24. The van der Waals surface area contributed by atoms with E-state index >= 15 is 0 Å². The van der Waals surface area contributed by atoms with Crippen molar-refractivity contribution < 1.29 is 4.79 Å². The molecule has 1 amide bonds. The van der Waals surface area contributed by atoms with Crippen molar-refractivity contribution in [1.82, 2.24) is 14.2 Å². The van der Waals surface area contributed by atoms with Gasteiger partial charge in [-0.2, -0.15) is 14.7 Å². The summed E-state index contributed by atoms with van der Waals surface area (Å²) in [5.41, 5.74) is 1.12. The lowest BCUT2D eigenvalue weighted by molar-refractivity contribution is -0.117. The van der Waals surface area contributed by atoms with Gasteiger partial charge < -0.3 is 9.80 Å². The van der Waals surface area contributed by atoms with Gasteiger partial charge in [-0.1, -0.05) is 11.6 Å². The van der Waals surface area contributed by atoms with Crippen LogP contribution >= 0.6 is 23.1 Å². The van der Waals surface area contributed by atoms with Gasteiger partial charge in [0.15, 0.2) is 5.15 Å². The van der Waals surface area contributed by atoms with Crippen molar-refractivity contribution in [2.75, 3.05) is 29.4 Å². The lowest BCUT2D eigenvalue weighted by atomic mass is 10.2. The van der Waals surface area contributed by atoms with Crippen LogP contribution in [0.1, 0.15) is 5.56 Å². The van der Waals surface area contributed by atoms with Gasteiger partial charge in [-0.15, -0.1) is 0 Å². The minimum Gasteiger partial charge on any atom is -0.350 e. The highest BCUT2D eigenvalue weighted by Gasteiger charge is 2.29. The van der Waals surface area contributed by atoms with Crippen LogP contribution in [-0.2, 0) is 11.8 Å². The fraction of sp³-hybridized carbons (Fsp3) is 0.333. The molecule has 0 radical (unpaired) electrons. The smallest absolute Gasteiger partial charge is 0.246 e. The average molecular weight is 323 g/mol. The molecule has 3 heterocycles. The minimum atomic E-state index is -0.0392. The van der Waals surface area contributed by atoms with Crippen LogP contribution in [0.2, 0.25) is 5.15 Å².